The molecule has 2 heterocycles. The van der Waals surface area contributed by atoms with Gasteiger partial charge in [-0.15, -0.1) is 0 Å². The number of rotatable bonds is 0. The first-order chi connectivity index (χ1) is 8.45. The number of nitrogens with one attached hydrogen (secondary N) is 2. The average Bonchev–Trinajstić information content (AvgIpc) is 2.83. The number of nitrogens with zero attached hydrogens (tertiary/aromatic N) is 1. The van der Waals surface area contributed by atoms with Crippen molar-refractivity contribution in [3.8, 4) is 0 Å². The van der Waals surface area contributed by atoms with Crippen LogP contribution in [-0.2, 0) is 6.42 Å². The summed E-state index contributed by atoms with van der Waals surface area (Å²) in [5.41, 5.74) is 1.50. The monoisotopic (exact) mass is 233 g/mol. The summed E-state index contributed by atoms with van der Waals surface area (Å²) in [7, 11) is 0. The molecule has 0 saturated heterocycles. The zero-order valence-corrected chi connectivity index (χ0v) is 10.5. The van der Waals surface area contributed by atoms with Gasteiger partial charge in [0, 0.05) is 50.0 Å². The number of aromatic nitrogens is 1. The highest BCUT2D eigenvalue weighted by Crippen LogP contribution is 2.30. The third kappa shape index (κ3) is 2.40. The molecule has 0 amide bonds. The summed E-state index contributed by atoms with van der Waals surface area (Å²) in [4.78, 5) is 0. The molecule has 0 bridgehead atoms. The molecule has 0 spiro atoms. The topological polar surface area (TPSA) is 29.0 Å². The summed E-state index contributed by atoms with van der Waals surface area (Å²) in [5, 5.41) is 7.24. The second-order valence-electron chi connectivity index (χ2n) is 5.32. The molecule has 1 aromatic heterocycles. The summed E-state index contributed by atoms with van der Waals surface area (Å²) in [6, 6.07) is 5.86. The summed E-state index contributed by atoms with van der Waals surface area (Å²) in [6.07, 6.45) is 8.89. The predicted octanol–water partition coefficient (Wildman–Crippen LogP) is 1.71. The number of hydrogen-bond acceptors (Lipinski definition) is 2. The van der Waals surface area contributed by atoms with Crippen molar-refractivity contribution in [3.63, 3.8) is 0 Å². The van der Waals surface area contributed by atoms with E-state index in [9.17, 15) is 0 Å². The van der Waals surface area contributed by atoms with Crippen molar-refractivity contribution in [2.75, 3.05) is 19.6 Å². The molecule has 17 heavy (non-hydrogen) atoms. The van der Waals surface area contributed by atoms with Gasteiger partial charge in [-0.3, -0.25) is 0 Å². The van der Waals surface area contributed by atoms with Gasteiger partial charge < -0.3 is 15.2 Å². The van der Waals surface area contributed by atoms with Crippen LogP contribution in [0.1, 0.15) is 37.4 Å². The summed E-state index contributed by atoms with van der Waals surface area (Å²) >= 11 is 0. The van der Waals surface area contributed by atoms with E-state index in [1.165, 1.54) is 31.4 Å². The summed E-state index contributed by atoms with van der Waals surface area (Å²) in [5.74, 6) is 0. The minimum absolute atomic E-state index is 0.676. The minimum Gasteiger partial charge on any atom is -0.347 e. The fraction of sp³-hybridized carbons (Fsp3) is 0.714. The maximum absolute atomic E-state index is 3.74. The van der Waals surface area contributed by atoms with Crippen molar-refractivity contribution in [2.45, 2.75) is 44.2 Å². The lowest BCUT2D eigenvalue weighted by Crippen LogP contribution is -2.44. The Morgan fingerprint density at radius 1 is 1.12 bits per heavy atom. The van der Waals surface area contributed by atoms with Crippen LogP contribution in [0.15, 0.2) is 18.3 Å². The van der Waals surface area contributed by atoms with Crippen molar-refractivity contribution in [2.24, 2.45) is 0 Å². The van der Waals surface area contributed by atoms with Crippen LogP contribution in [-0.4, -0.2) is 30.2 Å². The van der Waals surface area contributed by atoms with Gasteiger partial charge in [0.15, 0.2) is 0 Å². The van der Waals surface area contributed by atoms with E-state index < -0.39 is 0 Å². The summed E-state index contributed by atoms with van der Waals surface area (Å²) < 4.78 is 2.53. The van der Waals surface area contributed by atoms with Crippen LogP contribution in [0.3, 0.4) is 0 Å². The van der Waals surface area contributed by atoms with E-state index in [1.807, 2.05) is 0 Å². The number of hydrogen-bond donors (Lipinski definition) is 2. The smallest absolute Gasteiger partial charge is 0.0486 e. The molecule has 3 nitrogen and oxygen atoms in total. The largest absolute Gasteiger partial charge is 0.347 e. The fourth-order valence-electron chi connectivity index (χ4n) is 3.33. The Hall–Kier alpha value is -0.800. The third-order valence-corrected chi connectivity index (χ3v) is 4.22. The molecule has 1 saturated carbocycles. The Kier molecular flexibility index (Phi) is 3.48. The molecule has 1 aliphatic carbocycles. The highest BCUT2D eigenvalue weighted by atomic mass is 15.1. The second-order valence-corrected chi connectivity index (χ2v) is 5.32. The van der Waals surface area contributed by atoms with Crippen molar-refractivity contribution >= 4 is 0 Å². The first-order valence-corrected chi connectivity index (χ1v) is 7.05. The van der Waals surface area contributed by atoms with Gasteiger partial charge >= 0.3 is 0 Å². The molecule has 2 N–H and O–H groups in total. The third-order valence-electron chi connectivity index (χ3n) is 4.22. The first-order valence-electron chi connectivity index (χ1n) is 7.05. The van der Waals surface area contributed by atoms with Crippen LogP contribution >= 0.6 is 0 Å². The maximum Gasteiger partial charge on any atom is 0.0486 e. The Bertz CT molecular complexity index is 358. The zero-order valence-electron chi connectivity index (χ0n) is 10.5. The van der Waals surface area contributed by atoms with Crippen LogP contribution < -0.4 is 10.6 Å². The van der Waals surface area contributed by atoms with Crippen LogP contribution in [0.2, 0.25) is 0 Å². The van der Waals surface area contributed by atoms with Gasteiger partial charge in [0.25, 0.3) is 0 Å². The van der Waals surface area contributed by atoms with Gasteiger partial charge in [0.1, 0.15) is 0 Å². The highest BCUT2D eigenvalue weighted by molar-refractivity contribution is 5.11. The molecule has 1 aliphatic heterocycles. The van der Waals surface area contributed by atoms with E-state index in [0.29, 0.717) is 12.1 Å². The molecule has 1 fully saturated rings. The van der Waals surface area contributed by atoms with E-state index in [4.69, 9.17) is 0 Å². The molecule has 2 unspecified atom stereocenters. The molecule has 2 atom stereocenters. The molecule has 0 aromatic carbocycles. The van der Waals surface area contributed by atoms with Gasteiger partial charge in [-0.1, -0.05) is 12.8 Å². The minimum atomic E-state index is 0.676. The molecule has 94 valence electrons. The van der Waals surface area contributed by atoms with Gasteiger partial charge in [-0.05, 0) is 25.0 Å². The van der Waals surface area contributed by atoms with E-state index in [-0.39, 0.29) is 0 Å². The van der Waals surface area contributed by atoms with E-state index in [1.54, 1.807) is 0 Å². The molecule has 1 aromatic rings. The quantitative estimate of drug-likeness (QED) is 0.714. The molecular formula is C14H23N3. The standard InChI is InChI=1S/C14H23N3/c1-2-6-14-13(5-1)16-10-9-15-8-7-12-4-3-11-17(12)14/h3-4,11,13-16H,1-2,5-10H2. The Labute approximate surface area is 104 Å². The van der Waals surface area contributed by atoms with Crippen molar-refractivity contribution < 1.29 is 0 Å². The Morgan fingerprint density at radius 2 is 2.06 bits per heavy atom. The van der Waals surface area contributed by atoms with Gasteiger partial charge in [-0.2, -0.15) is 0 Å². The maximum atomic E-state index is 3.74. The van der Waals surface area contributed by atoms with Gasteiger partial charge in [0.05, 0.1) is 0 Å². The van der Waals surface area contributed by atoms with Crippen molar-refractivity contribution in [1.82, 2.24) is 15.2 Å². The average molecular weight is 233 g/mol. The van der Waals surface area contributed by atoms with Crippen LogP contribution in [0.25, 0.3) is 0 Å². The molecular weight excluding hydrogens is 210 g/mol. The van der Waals surface area contributed by atoms with Gasteiger partial charge in [0.2, 0.25) is 0 Å². The van der Waals surface area contributed by atoms with E-state index >= 15 is 0 Å². The first kappa shape index (κ1) is 11.3. The molecule has 0 radical (unpaired) electrons. The lowest BCUT2D eigenvalue weighted by Gasteiger charge is -2.35. The number of fused-ring (bicyclic) bond motifs is 3. The second kappa shape index (κ2) is 5.23. The zero-order chi connectivity index (χ0) is 11.5. The highest BCUT2D eigenvalue weighted by Gasteiger charge is 2.27. The Balaban J connectivity index is 1.87. The lowest BCUT2D eigenvalue weighted by atomic mass is 9.89. The van der Waals surface area contributed by atoms with Gasteiger partial charge in [-0.25, -0.2) is 0 Å². The summed E-state index contributed by atoms with van der Waals surface area (Å²) in [6.45, 7) is 3.31. The molecule has 2 aliphatic rings. The van der Waals surface area contributed by atoms with Crippen molar-refractivity contribution in [3.05, 3.63) is 24.0 Å². The fourth-order valence-corrected chi connectivity index (χ4v) is 3.33. The molecule has 3 rings (SSSR count). The SMILES string of the molecule is c1cc2n(c1)C1CCCCC1NCCNCC2. The normalized spacial score (nSPS) is 30.4. The van der Waals surface area contributed by atoms with Crippen LogP contribution in [0.4, 0.5) is 0 Å². The van der Waals surface area contributed by atoms with Crippen LogP contribution in [0.5, 0.6) is 0 Å². The van der Waals surface area contributed by atoms with E-state index in [0.717, 1.165) is 26.1 Å². The Morgan fingerprint density at radius 3 is 3.06 bits per heavy atom. The molecule has 3 heteroatoms. The van der Waals surface area contributed by atoms with E-state index in [2.05, 4.69) is 33.5 Å². The van der Waals surface area contributed by atoms with Crippen molar-refractivity contribution in [1.29, 1.82) is 0 Å². The predicted molar refractivity (Wildman–Crippen MR) is 70.3 cm³/mol. The lowest BCUT2D eigenvalue weighted by molar-refractivity contribution is 0.256. The van der Waals surface area contributed by atoms with Crippen LogP contribution in [0, 0.1) is 0 Å².